The Bertz CT molecular complexity index is 822. The Morgan fingerprint density at radius 3 is 2.74 bits per heavy atom. The number of anilines is 1. The van der Waals surface area contributed by atoms with E-state index in [1.165, 1.54) is 16.3 Å². The zero-order valence-corrected chi connectivity index (χ0v) is 12.8. The maximum atomic E-state index is 9.44. The number of aliphatic hydroxyl groups is 1. The smallest absolute Gasteiger partial charge is 0.129 e. The fraction of sp³-hybridized carbons (Fsp3) is 0.263. The van der Waals surface area contributed by atoms with E-state index in [0.717, 1.165) is 30.9 Å². The van der Waals surface area contributed by atoms with Crippen molar-refractivity contribution in [2.45, 2.75) is 31.4 Å². The minimum absolute atomic E-state index is 0.165. The van der Waals surface area contributed by atoms with Crippen molar-refractivity contribution >= 4 is 16.6 Å². The second kappa shape index (κ2) is 5.97. The molecule has 2 aromatic carbocycles. The first-order valence-corrected chi connectivity index (χ1v) is 8.00. The van der Waals surface area contributed by atoms with E-state index in [4.69, 9.17) is 0 Å². The minimum atomic E-state index is -0.165. The van der Waals surface area contributed by atoms with Crippen molar-refractivity contribution in [3.8, 4) is 0 Å². The Balaban J connectivity index is 1.51. The van der Waals surface area contributed by atoms with E-state index in [2.05, 4.69) is 57.7 Å². The summed E-state index contributed by atoms with van der Waals surface area (Å²) in [6.45, 7) is 0.727. The van der Waals surface area contributed by atoms with Gasteiger partial charge in [-0.05, 0) is 29.2 Å². The number of benzene rings is 2. The summed E-state index contributed by atoms with van der Waals surface area (Å²) in [5.41, 5.74) is 2.27. The van der Waals surface area contributed by atoms with Crippen LogP contribution in [0.15, 0.2) is 54.9 Å². The SMILES string of the molecule is OC1CC(c2cc(NCc3cccc4ccccc34)ncn2)C1. The molecular formula is C19H19N3O. The quantitative estimate of drug-likeness (QED) is 0.775. The van der Waals surface area contributed by atoms with E-state index in [1.807, 2.05) is 6.07 Å². The molecule has 1 aliphatic carbocycles. The standard InChI is InChI=1S/C19H19N3O/c23-16-8-15(9-16)18-10-19(22-12-21-18)20-11-14-6-3-5-13-4-1-2-7-17(13)14/h1-7,10,12,15-16,23H,8-9,11H2,(H,20,21,22). The fourth-order valence-corrected chi connectivity index (χ4v) is 3.15. The molecule has 0 atom stereocenters. The van der Waals surface area contributed by atoms with Gasteiger partial charge in [-0.25, -0.2) is 9.97 Å². The highest BCUT2D eigenvalue weighted by atomic mass is 16.3. The van der Waals surface area contributed by atoms with Crippen molar-refractivity contribution in [2.75, 3.05) is 5.32 Å². The molecule has 1 heterocycles. The highest BCUT2D eigenvalue weighted by molar-refractivity contribution is 5.85. The first kappa shape index (κ1) is 14.2. The third-order valence-corrected chi connectivity index (χ3v) is 4.56. The molecule has 1 saturated carbocycles. The molecule has 1 fully saturated rings. The van der Waals surface area contributed by atoms with Gasteiger partial charge in [-0.1, -0.05) is 42.5 Å². The van der Waals surface area contributed by atoms with Gasteiger partial charge in [0.15, 0.2) is 0 Å². The first-order chi connectivity index (χ1) is 11.3. The summed E-state index contributed by atoms with van der Waals surface area (Å²) in [4.78, 5) is 8.65. The molecule has 2 N–H and O–H groups in total. The van der Waals surface area contributed by atoms with Gasteiger partial charge in [-0.2, -0.15) is 0 Å². The number of rotatable bonds is 4. The molecule has 0 unspecified atom stereocenters. The Hall–Kier alpha value is -2.46. The van der Waals surface area contributed by atoms with Gasteiger partial charge in [-0.15, -0.1) is 0 Å². The number of nitrogens with zero attached hydrogens (tertiary/aromatic N) is 2. The number of hydrogen-bond acceptors (Lipinski definition) is 4. The summed E-state index contributed by atoms with van der Waals surface area (Å²) in [6.07, 6.45) is 3.05. The van der Waals surface area contributed by atoms with Crippen LogP contribution in [0.4, 0.5) is 5.82 Å². The fourth-order valence-electron chi connectivity index (χ4n) is 3.15. The molecule has 1 aromatic heterocycles. The lowest BCUT2D eigenvalue weighted by molar-refractivity contribution is 0.0732. The highest BCUT2D eigenvalue weighted by Gasteiger charge is 2.29. The monoisotopic (exact) mass is 305 g/mol. The molecule has 0 aliphatic heterocycles. The molecule has 23 heavy (non-hydrogen) atoms. The van der Waals surface area contributed by atoms with E-state index < -0.39 is 0 Å². The zero-order valence-electron chi connectivity index (χ0n) is 12.8. The van der Waals surface area contributed by atoms with Crippen LogP contribution in [0, 0.1) is 0 Å². The number of nitrogens with one attached hydrogen (secondary N) is 1. The van der Waals surface area contributed by atoms with Gasteiger partial charge < -0.3 is 10.4 Å². The van der Waals surface area contributed by atoms with Crippen LogP contribution in [0.25, 0.3) is 10.8 Å². The maximum Gasteiger partial charge on any atom is 0.129 e. The van der Waals surface area contributed by atoms with Crippen molar-refractivity contribution in [1.29, 1.82) is 0 Å². The van der Waals surface area contributed by atoms with Crippen LogP contribution in [0.1, 0.15) is 30.0 Å². The molecular weight excluding hydrogens is 286 g/mol. The molecule has 0 amide bonds. The van der Waals surface area contributed by atoms with Gasteiger partial charge in [0.1, 0.15) is 12.1 Å². The molecule has 0 spiro atoms. The van der Waals surface area contributed by atoms with Crippen LogP contribution in [0.2, 0.25) is 0 Å². The van der Waals surface area contributed by atoms with Crippen molar-refractivity contribution in [1.82, 2.24) is 9.97 Å². The Kier molecular flexibility index (Phi) is 3.67. The number of aromatic nitrogens is 2. The lowest BCUT2D eigenvalue weighted by atomic mass is 9.80. The first-order valence-electron chi connectivity index (χ1n) is 8.00. The van der Waals surface area contributed by atoms with Crippen LogP contribution < -0.4 is 5.32 Å². The Morgan fingerprint density at radius 2 is 1.87 bits per heavy atom. The average Bonchev–Trinajstić information content (AvgIpc) is 2.57. The van der Waals surface area contributed by atoms with Gasteiger partial charge >= 0.3 is 0 Å². The van der Waals surface area contributed by atoms with Crippen LogP contribution in [-0.2, 0) is 6.54 Å². The van der Waals surface area contributed by atoms with E-state index in [1.54, 1.807) is 6.33 Å². The van der Waals surface area contributed by atoms with Gasteiger partial charge in [0, 0.05) is 24.2 Å². The lowest BCUT2D eigenvalue weighted by Crippen LogP contribution is -2.27. The molecule has 3 aromatic rings. The van der Waals surface area contributed by atoms with Crippen LogP contribution in [0.5, 0.6) is 0 Å². The molecule has 0 saturated heterocycles. The zero-order chi connectivity index (χ0) is 15.6. The molecule has 4 rings (SSSR count). The second-order valence-corrected chi connectivity index (χ2v) is 6.14. The molecule has 1 aliphatic rings. The predicted octanol–water partition coefficient (Wildman–Crippen LogP) is 3.48. The van der Waals surface area contributed by atoms with E-state index in [9.17, 15) is 5.11 Å². The van der Waals surface area contributed by atoms with E-state index in [-0.39, 0.29) is 6.10 Å². The maximum absolute atomic E-state index is 9.44. The number of aliphatic hydroxyl groups excluding tert-OH is 1. The van der Waals surface area contributed by atoms with Crippen molar-refractivity contribution in [2.24, 2.45) is 0 Å². The summed E-state index contributed by atoms with van der Waals surface area (Å²) in [6, 6.07) is 16.8. The number of hydrogen-bond donors (Lipinski definition) is 2. The van der Waals surface area contributed by atoms with E-state index >= 15 is 0 Å². The third kappa shape index (κ3) is 2.90. The van der Waals surface area contributed by atoms with Crippen LogP contribution in [-0.4, -0.2) is 21.2 Å². The summed E-state index contributed by atoms with van der Waals surface area (Å²) in [5, 5.41) is 15.3. The van der Waals surface area contributed by atoms with Gasteiger partial charge in [0.2, 0.25) is 0 Å². The summed E-state index contributed by atoms with van der Waals surface area (Å²) >= 11 is 0. The van der Waals surface area contributed by atoms with E-state index in [0.29, 0.717) is 5.92 Å². The van der Waals surface area contributed by atoms with Gasteiger partial charge in [-0.3, -0.25) is 0 Å². The Labute approximate surface area is 135 Å². The van der Waals surface area contributed by atoms with Gasteiger partial charge in [0.05, 0.1) is 6.10 Å². The summed E-state index contributed by atoms with van der Waals surface area (Å²) < 4.78 is 0. The van der Waals surface area contributed by atoms with Gasteiger partial charge in [0.25, 0.3) is 0 Å². The molecule has 0 radical (unpaired) electrons. The minimum Gasteiger partial charge on any atom is -0.393 e. The molecule has 116 valence electrons. The average molecular weight is 305 g/mol. The molecule has 4 heteroatoms. The molecule has 0 bridgehead atoms. The van der Waals surface area contributed by atoms with Crippen molar-refractivity contribution in [3.05, 3.63) is 66.1 Å². The molecule has 4 nitrogen and oxygen atoms in total. The topological polar surface area (TPSA) is 58.0 Å². The largest absolute Gasteiger partial charge is 0.393 e. The summed E-state index contributed by atoms with van der Waals surface area (Å²) in [7, 11) is 0. The predicted molar refractivity (Wildman–Crippen MR) is 91.3 cm³/mol. The van der Waals surface area contributed by atoms with Crippen LogP contribution >= 0.6 is 0 Å². The second-order valence-electron chi connectivity index (χ2n) is 6.14. The number of fused-ring (bicyclic) bond motifs is 1. The van der Waals surface area contributed by atoms with Crippen molar-refractivity contribution in [3.63, 3.8) is 0 Å². The Morgan fingerprint density at radius 1 is 1.04 bits per heavy atom. The summed E-state index contributed by atoms with van der Waals surface area (Å²) in [5.74, 6) is 1.20. The highest BCUT2D eigenvalue weighted by Crippen LogP contribution is 2.36. The lowest BCUT2D eigenvalue weighted by Gasteiger charge is -2.30. The normalized spacial score (nSPS) is 20.2. The van der Waals surface area contributed by atoms with Crippen LogP contribution in [0.3, 0.4) is 0 Å². The van der Waals surface area contributed by atoms with Crippen molar-refractivity contribution < 1.29 is 5.11 Å². The third-order valence-electron chi connectivity index (χ3n) is 4.56.